The summed E-state index contributed by atoms with van der Waals surface area (Å²) in [5.74, 6) is 1.81. The van der Waals surface area contributed by atoms with Gasteiger partial charge in [0.25, 0.3) is 0 Å². The lowest BCUT2D eigenvalue weighted by Gasteiger charge is -2.42. The normalized spacial score (nSPS) is 21.8. The van der Waals surface area contributed by atoms with E-state index in [0.29, 0.717) is 23.2 Å². The van der Waals surface area contributed by atoms with Crippen molar-refractivity contribution in [1.29, 1.82) is 0 Å². The van der Waals surface area contributed by atoms with E-state index in [1.807, 2.05) is 12.1 Å². The Labute approximate surface area is 196 Å². The Kier molecular flexibility index (Phi) is 6.86. The molecular formula is C26H36N6O. The first-order valence-electron chi connectivity index (χ1n) is 12.1. The summed E-state index contributed by atoms with van der Waals surface area (Å²) in [6, 6.07) is 2.18. The lowest BCUT2D eigenvalue weighted by Crippen LogP contribution is -2.56. The molecule has 7 nitrogen and oxygen atoms in total. The van der Waals surface area contributed by atoms with E-state index in [0.717, 1.165) is 80.8 Å². The third-order valence-corrected chi connectivity index (χ3v) is 6.82. The highest BCUT2D eigenvalue weighted by Crippen LogP contribution is 2.44. The Morgan fingerprint density at radius 2 is 2.06 bits per heavy atom. The number of nitrogens with zero attached hydrogens (tertiary/aromatic N) is 4. The van der Waals surface area contributed by atoms with Crippen molar-refractivity contribution in [3.05, 3.63) is 47.8 Å². The third-order valence-electron chi connectivity index (χ3n) is 6.82. The lowest BCUT2D eigenvalue weighted by atomic mass is 10.0. The number of anilines is 2. The van der Waals surface area contributed by atoms with Crippen LogP contribution in [-0.2, 0) is 4.79 Å². The van der Waals surface area contributed by atoms with E-state index in [-0.39, 0.29) is 12.0 Å². The lowest BCUT2D eigenvalue weighted by molar-refractivity contribution is -0.135. The fourth-order valence-corrected chi connectivity index (χ4v) is 4.68. The minimum absolute atomic E-state index is 0.206. The van der Waals surface area contributed by atoms with Gasteiger partial charge in [-0.25, -0.2) is 4.98 Å². The monoisotopic (exact) mass is 448 g/mol. The Hall–Kier alpha value is -3.09. The molecule has 3 aliphatic rings. The molecule has 0 bridgehead atoms. The van der Waals surface area contributed by atoms with Crippen molar-refractivity contribution in [3.8, 4) is 0 Å². The van der Waals surface area contributed by atoms with E-state index in [1.54, 1.807) is 6.08 Å². The maximum Gasteiger partial charge on any atom is 0.226 e. The zero-order valence-corrected chi connectivity index (χ0v) is 19.7. The van der Waals surface area contributed by atoms with Gasteiger partial charge in [0.15, 0.2) is 5.82 Å². The van der Waals surface area contributed by atoms with Crippen molar-refractivity contribution < 1.29 is 4.79 Å². The number of carbonyl (C=O) groups is 1. The first-order valence-corrected chi connectivity index (χ1v) is 12.1. The van der Waals surface area contributed by atoms with Crippen LogP contribution >= 0.6 is 0 Å². The number of hydrogen-bond donors (Lipinski definition) is 2. The average molecular weight is 449 g/mol. The summed E-state index contributed by atoms with van der Waals surface area (Å²) in [5, 5.41) is 0. The summed E-state index contributed by atoms with van der Waals surface area (Å²) in [6.45, 7) is 12.0. The first kappa shape index (κ1) is 23.1. The van der Waals surface area contributed by atoms with Crippen LogP contribution in [0.5, 0.6) is 0 Å². The van der Waals surface area contributed by atoms with Crippen molar-refractivity contribution in [3.63, 3.8) is 0 Å². The minimum Gasteiger partial charge on any atom is -0.404 e. The topological polar surface area (TPSA) is 101 Å². The van der Waals surface area contributed by atoms with Gasteiger partial charge in [0, 0.05) is 49.3 Å². The maximum absolute atomic E-state index is 12.8. The number of carbonyl (C=O) groups excluding carboxylic acids is 1. The van der Waals surface area contributed by atoms with Crippen LogP contribution in [0.25, 0.3) is 5.70 Å². The molecule has 3 fully saturated rings. The molecule has 7 heteroatoms. The molecule has 176 valence electrons. The molecule has 0 spiro atoms. The SMILES string of the molecule is C=CC(=C/N)/C=C(\N=C)c1cc(N)c(N2CCN(C(=O)C3CC3)[C@H](CCC)C2)nc1C1CC1. The van der Waals surface area contributed by atoms with Crippen molar-refractivity contribution in [2.75, 3.05) is 30.3 Å². The van der Waals surface area contributed by atoms with Crippen molar-refractivity contribution in [2.45, 2.75) is 57.4 Å². The van der Waals surface area contributed by atoms with Gasteiger partial charge in [-0.1, -0.05) is 26.0 Å². The number of pyridine rings is 1. The van der Waals surface area contributed by atoms with E-state index in [4.69, 9.17) is 16.5 Å². The first-order chi connectivity index (χ1) is 16.0. The molecule has 1 atom stereocenters. The Morgan fingerprint density at radius 3 is 2.64 bits per heavy atom. The maximum atomic E-state index is 12.8. The highest BCUT2D eigenvalue weighted by atomic mass is 16.2. The number of aliphatic imine (C=N–C) groups is 1. The molecule has 1 amide bonds. The largest absolute Gasteiger partial charge is 0.404 e. The standard InChI is InChI=1S/C26H36N6O/c1-4-6-20-16-31(11-12-32(20)26(33)19-9-10-19)25-22(28)14-21(24(30-25)18-7-8-18)23(29-3)13-17(5-2)15-27/h5,13-15,18-20H,2-4,6-12,16,27-28H2,1H3/b17-15-,23-13-/t20-/m1/s1. The van der Waals surface area contributed by atoms with E-state index in [1.165, 1.54) is 6.20 Å². The van der Waals surface area contributed by atoms with Crippen molar-refractivity contribution in [1.82, 2.24) is 9.88 Å². The summed E-state index contributed by atoms with van der Waals surface area (Å²) in [7, 11) is 0. The second-order valence-corrected chi connectivity index (χ2v) is 9.36. The van der Waals surface area contributed by atoms with Crippen LogP contribution < -0.4 is 16.4 Å². The van der Waals surface area contributed by atoms with E-state index in [2.05, 4.69) is 35.0 Å². The van der Waals surface area contributed by atoms with Crippen LogP contribution in [0, 0.1) is 5.92 Å². The molecule has 4 rings (SSSR count). The van der Waals surface area contributed by atoms with Crippen LogP contribution in [0.1, 0.15) is 62.6 Å². The summed E-state index contributed by atoms with van der Waals surface area (Å²) >= 11 is 0. The predicted molar refractivity (Wildman–Crippen MR) is 136 cm³/mol. The fraction of sp³-hybridized carbons (Fsp3) is 0.500. The number of allylic oxidation sites excluding steroid dienone is 3. The number of aromatic nitrogens is 1. The van der Waals surface area contributed by atoms with Crippen LogP contribution in [-0.4, -0.2) is 48.2 Å². The molecule has 2 heterocycles. The zero-order valence-electron chi connectivity index (χ0n) is 19.7. The van der Waals surface area contributed by atoms with Crippen LogP contribution in [0.15, 0.2) is 41.6 Å². The molecule has 1 aromatic rings. The van der Waals surface area contributed by atoms with Crippen LogP contribution in [0.2, 0.25) is 0 Å². The predicted octanol–water partition coefficient (Wildman–Crippen LogP) is 3.84. The Morgan fingerprint density at radius 1 is 1.30 bits per heavy atom. The molecule has 1 saturated heterocycles. The Bertz CT molecular complexity index is 989. The number of hydrogen-bond acceptors (Lipinski definition) is 6. The molecule has 1 aromatic heterocycles. The number of nitrogen functional groups attached to an aromatic ring is 1. The summed E-state index contributed by atoms with van der Waals surface area (Å²) in [5.41, 5.74) is 16.3. The molecule has 1 aliphatic heterocycles. The van der Waals surface area contributed by atoms with Gasteiger partial charge in [-0.2, -0.15) is 0 Å². The van der Waals surface area contributed by atoms with Gasteiger partial charge < -0.3 is 21.3 Å². The van der Waals surface area contributed by atoms with Crippen molar-refractivity contribution >= 4 is 29.8 Å². The molecule has 2 saturated carbocycles. The highest BCUT2D eigenvalue weighted by Gasteiger charge is 2.39. The number of nitrogens with two attached hydrogens (primary N) is 2. The zero-order chi connectivity index (χ0) is 23.5. The fourth-order valence-electron chi connectivity index (χ4n) is 4.68. The third kappa shape index (κ3) is 4.97. The molecule has 0 aromatic carbocycles. The Balaban J connectivity index is 1.65. The molecule has 33 heavy (non-hydrogen) atoms. The van der Waals surface area contributed by atoms with Gasteiger partial charge in [-0.05, 0) is 56.5 Å². The van der Waals surface area contributed by atoms with Gasteiger partial charge in [0.2, 0.25) is 5.91 Å². The smallest absolute Gasteiger partial charge is 0.226 e. The van der Waals surface area contributed by atoms with Gasteiger partial charge in [0.05, 0.1) is 17.1 Å². The minimum atomic E-state index is 0.206. The number of rotatable bonds is 9. The van der Waals surface area contributed by atoms with Gasteiger partial charge in [-0.3, -0.25) is 9.79 Å². The van der Waals surface area contributed by atoms with Gasteiger partial charge in [-0.15, -0.1) is 0 Å². The van der Waals surface area contributed by atoms with Crippen LogP contribution in [0.3, 0.4) is 0 Å². The number of piperazine rings is 1. The highest BCUT2D eigenvalue weighted by molar-refractivity contribution is 5.82. The van der Waals surface area contributed by atoms with E-state index < -0.39 is 0 Å². The quantitative estimate of drug-likeness (QED) is 0.442. The van der Waals surface area contributed by atoms with Crippen LogP contribution in [0.4, 0.5) is 11.5 Å². The average Bonchev–Trinajstić information content (AvgIpc) is 3.72. The molecule has 0 unspecified atom stereocenters. The second-order valence-electron chi connectivity index (χ2n) is 9.36. The summed E-state index contributed by atoms with van der Waals surface area (Å²) < 4.78 is 0. The molecule has 4 N–H and O–H groups in total. The van der Waals surface area contributed by atoms with E-state index in [9.17, 15) is 4.79 Å². The molecule has 0 radical (unpaired) electrons. The van der Waals surface area contributed by atoms with Gasteiger partial charge >= 0.3 is 0 Å². The second kappa shape index (κ2) is 9.81. The summed E-state index contributed by atoms with van der Waals surface area (Å²) in [4.78, 5) is 26.5. The van der Waals surface area contributed by atoms with Crippen molar-refractivity contribution in [2.24, 2.45) is 16.6 Å². The molecule has 2 aliphatic carbocycles. The van der Waals surface area contributed by atoms with Gasteiger partial charge in [0.1, 0.15) is 0 Å². The number of amides is 1. The van der Waals surface area contributed by atoms with E-state index >= 15 is 0 Å². The molecular weight excluding hydrogens is 412 g/mol. The summed E-state index contributed by atoms with van der Waals surface area (Å²) in [6.07, 6.45) is 11.4.